The van der Waals surface area contributed by atoms with Crippen molar-refractivity contribution in [3.63, 3.8) is 0 Å². The lowest BCUT2D eigenvalue weighted by Crippen LogP contribution is -2.15. The van der Waals surface area contributed by atoms with Crippen LogP contribution in [0, 0.1) is 13.8 Å². The van der Waals surface area contributed by atoms with Crippen LogP contribution >= 0.6 is 0 Å². The molecule has 1 aromatic carbocycles. The van der Waals surface area contributed by atoms with Crippen LogP contribution in [0.4, 0.5) is 0 Å². The van der Waals surface area contributed by atoms with E-state index in [-0.39, 0.29) is 6.61 Å². The number of nitrogens with zero attached hydrogens (tertiary/aromatic N) is 2. The van der Waals surface area contributed by atoms with Gasteiger partial charge < -0.3 is 15.4 Å². The largest absolute Gasteiger partial charge is 0.394 e. The lowest BCUT2D eigenvalue weighted by atomic mass is 10.1. The molecule has 0 amide bonds. The summed E-state index contributed by atoms with van der Waals surface area (Å²) in [7, 11) is 0. The Kier molecular flexibility index (Phi) is 3.21. The number of hydrogen-bond donors (Lipinski definition) is 2. The monoisotopic (exact) mass is 233 g/mol. The highest BCUT2D eigenvalue weighted by Crippen LogP contribution is 2.21. The number of benzene rings is 1. The molecule has 1 atom stereocenters. The van der Waals surface area contributed by atoms with E-state index in [1.807, 2.05) is 32.0 Å². The molecule has 1 unspecified atom stereocenters. The van der Waals surface area contributed by atoms with E-state index in [1.54, 1.807) is 0 Å². The molecular formula is C12H15N3O2. The first kappa shape index (κ1) is 11.8. The molecule has 5 heteroatoms. The maximum atomic E-state index is 8.90. The van der Waals surface area contributed by atoms with E-state index in [0.29, 0.717) is 11.7 Å². The molecule has 2 rings (SSSR count). The summed E-state index contributed by atoms with van der Waals surface area (Å²) in [6.45, 7) is 3.86. The smallest absolute Gasteiger partial charge is 0.257 e. The van der Waals surface area contributed by atoms with Crippen molar-refractivity contribution in [2.24, 2.45) is 5.73 Å². The number of aryl methyl sites for hydroxylation is 2. The molecule has 2 aromatic rings. The molecule has 3 N–H and O–H groups in total. The van der Waals surface area contributed by atoms with Crippen molar-refractivity contribution in [2.75, 3.05) is 6.61 Å². The van der Waals surface area contributed by atoms with Crippen molar-refractivity contribution < 1.29 is 9.63 Å². The van der Waals surface area contributed by atoms with Crippen molar-refractivity contribution in [1.82, 2.24) is 10.1 Å². The van der Waals surface area contributed by atoms with Crippen LogP contribution in [0.25, 0.3) is 11.5 Å². The summed E-state index contributed by atoms with van der Waals surface area (Å²) in [6, 6.07) is 5.31. The van der Waals surface area contributed by atoms with Crippen molar-refractivity contribution in [3.05, 3.63) is 35.2 Å². The topological polar surface area (TPSA) is 85.2 Å². The Morgan fingerprint density at radius 3 is 2.76 bits per heavy atom. The average molecular weight is 233 g/mol. The second-order valence-electron chi connectivity index (χ2n) is 4.05. The maximum Gasteiger partial charge on any atom is 0.257 e. The van der Waals surface area contributed by atoms with E-state index in [4.69, 9.17) is 15.4 Å². The van der Waals surface area contributed by atoms with Gasteiger partial charge in [-0.3, -0.25) is 0 Å². The zero-order valence-corrected chi connectivity index (χ0v) is 9.84. The van der Waals surface area contributed by atoms with Gasteiger partial charge in [-0.25, -0.2) is 0 Å². The Bertz CT molecular complexity index is 522. The van der Waals surface area contributed by atoms with Crippen LogP contribution in [0.5, 0.6) is 0 Å². The summed E-state index contributed by atoms with van der Waals surface area (Å²) in [5.41, 5.74) is 8.83. The minimum absolute atomic E-state index is 0.202. The van der Waals surface area contributed by atoms with Crippen LogP contribution in [0.15, 0.2) is 22.7 Å². The standard InChI is InChI=1S/C12H15N3O2/c1-7-3-4-9(5-8(7)2)12-14-11(15-17-12)10(13)6-16/h3-5,10,16H,6,13H2,1-2H3. The molecule has 0 aliphatic carbocycles. The number of aliphatic hydroxyl groups is 1. The minimum Gasteiger partial charge on any atom is -0.394 e. The van der Waals surface area contributed by atoms with Crippen molar-refractivity contribution in [2.45, 2.75) is 19.9 Å². The van der Waals surface area contributed by atoms with Crippen LogP contribution in [-0.2, 0) is 0 Å². The molecule has 0 spiro atoms. The third-order valence-electron chi connectivity index (χ3n) is 2.72. The first-order chi connectivity index (χ1) is 8.11. The van der Waals surface area contributed by atoms with Crippen molar-refractivity contribution in [1.29, 1.82) is 0 Å². The Balaban J connectivity index is 2.33. The molecule has 5 nitrogen and oxygen atoms in total. The first-order valence-electron chi connectivity index (χ1n) is 5.39. The van der Waals surface area contributed by atoms with E-state index < -0.39 is 6.04 Å². The summed E-state index contributed by atoms with van der Waals surface area (Å²) >= 11 is 0. The van der Waals surface area contributed by atoms with E-state index >= 15 is 0 Å². The number of aliphatic hydroxyl groups excluding tert-OH is 1. The maximum absolute atomic E-state index is 8.90. The quantitative estimate of drug-likeness (QED) is 0.835. The highest BCUT2D eigenvalue weighted by atomic mass is 16.5. The number of rotatable bonds is 3. The zero-order chi connectivity index (χ0) is 12.4. The van der Waals surface area contributed by atoms with Gasteiger partial charge in [-0.05, 0) is 37.1 Å². The molecular weight excluding hydrogens is 218 g/mol. The van der Waals surface area contributed by atoms with Crippen LogP contribution in [0.3, 0.4) is 0 Å². The summed E-state index contributed by atoms with van der Waals surface area (Å²) in [5.74, 6) is 0.743. The molecule has 90 valence electrons. The first-order valence-corrected chi connectivity index (χ1v) is 5.39. The Morgan fingerprint density at radius 2 is 2.12 bits per heavy atom. The second kappa shape index (κ2) is 4.65. The van der Waals surface area contributed by atoms with E-state index in [1.165, 1.54) is 5.56 Å². The third-order valence-corrected chi connectivity index (χ3v) is 2.72. The molecule has 0 aliphatic heterocycles. The molecule has 17 heavy (non-hydrogen) atoms. The third kappa shape index (κ3) is 2.35. The SMILES string of the molecule is Cc1ccc(-c2nc(C(N)CO)no2)cc1C. The molecule has 0 aliphatic rings. The van der Waals surface area contributed by atoms with Gasteiger partial charge in [0.1, 0.15) is 0 Å². The predicted octanol–water partition coefficient (Wildman–Crippen LogP) is 1.35. The lowest BCUT2D eigenvalue weighted by molar-refractivity contribution is 0.260. The molecule has 0 saturated heterocycles. The fourth-order valence-electron chi connectivity index (χ4n) is 1.46. The van der Waals surface area contributed by atoms with Crippen molar-refractivity contribution >= 4 is 0 Å². The minimum atomic E-state index is -0.598. The molecule has 0 radical (unpaired) electrons. The Morgan fingerprint density at radius 1 is 1.35 bits per heavy atom. The number of hydrogen-bond acceptors (Lipinski definition) is 5. The van der Waals surface area contributed by atoms with Gasteiger partial charge in [0.2, 0.25) is 0 Å². The second-order valence-corrected chi connectivity index (χ2v) is 4.05. The number of aromatic nitrogens is 2. The van der Waals surface area contributed by atoms with Gasteiger partial charge in [0.05, 0.1) is 12.6 Å². The van der Waals surface area contributed by atoms with Gasteiger partial charge in [0, 0.05) is 5.56 Å². The fourth-order valence-corrected chi connectivity index (χ4v) is 1.46. The van der Waals surface area contributed by atoms with Crippen LogP contribution in [0.2, 0.25) is 0 Å². The van der Waals surface area contributed by atoms with Gasteiger partial charge in [0.25, 0.3) is 5.89 Å². The lowest BCUT2D eigenvalue weighted by Gasteiger charge is -2.01. The van der Waals surface area contributed by atoms with Gasteiger partial charge in [-0.15, -0.1) is 0 Å². The summed E-state index contributed by atoms with van der Waals surface area (Å²) in [5, 5.41) is 12.6. The van der Waals surface area contributed by atoms with Gasteiger partial charge in [-0.1, -0.05) is 11.2 Å². The van der Waals surface area contributed by atoms with E-state index in [2.05, 4.69) is 10.1 Å². The van der Waals surface area contributed by atoms with Gasteiger partial charge in [-0.2, -0.15) is 4.98 Å². The normalized spacial score (nSPS) is 12.7. The fraction of sp³-hybridized carbons (Fsp3) is 0.333. The average Bonchev–Trinajstić information content (AvgIpc) is 2.81. The molecule has 1 aromatic heterocycles. The van der Waals surface area contributed by atoms with Crippen molar-refractivity contribution in [3.8, 4) is 11.5 Å². The Labute approximate surface area is 99.3 Å². The Hall–Kier alpha value is -1.72. The highest BCUT2D eigenvalue weighted by Gasteiger charge is 2.14. The van der Waals surface area contributed by atoms with E-state index in [0.717, 1.165) is 11.1 Å². The van der Waals surface area contributed by atoms with Crippen LogP contribution < -0.4 is 5.73 Å². The van der Waals surface area contributed by atoms with Gasteiger partial charge in [0.15, 0.2) is 5.82 Å². The molecule has 1 heterocycles. The molecule has 0 saturated carbocycles. The van der Waals surface area contributed by atoms with Gasteiger partial charge >= 0.3 is 0 Å². The van der Waals surface area contributed by atoms with Crippen LogP contribution in [0.1, 0.15) is 23.0 Å². The highest BCUT2D eigenvalue weighted by molar-refractivity contribution is 5.55. The van der Waals surface area contributed by atoms with Crippen LogP contribution in [-0.4, -0.2) is 21.9 Å². The number of nitrogens with two attached hydrogens (primary N) is 1. The molecule has 0 bridgehead atoms. The summed E-state index contributed by atoms with van der Waals surface area (Å²) in [4.78, 5) is 4.16. The molecule has 0 fully saturated rings. The zero-order valence-electron chi connectivity index (χ0n) is 9.84. The summed E-state index contributed by atoms with van der Waals surface area (Å²) < 4.78 is 5.12. The predicted molar refractivity (Wildman–Crippen MR) is 63.2 cm³/mol. The summed E-state index contributed by atoms with van der Waals surface area (Å²) in [6.07, 6.45) is 0. The van der Waals surface area contributed by atoms with E-state index in [9.17, 15) is 0 Å².